The third-order valence-corrected chi connectivity index (χ3v) is 5.92. The van der Waals surface area contributed by atoms with Gasteiger partial charge in [0.25, 0.3) is 0 Å². The van der Waals surface area contributed by atoms with E-state index in [1.165, 1.54) is 11.8 Å². The number of carbonyl (C=O) groups is 1. The van der Waals surface area contributed by atoms with E-state index in [1.807, 2.05) is 24.3 Å². The molecular formula is C17H23N5O2S. The number of carbonyl (C=O) groups excluding carboxylic acids is 1. The monoisotopic (exact) mass is 361 g/mol. The highest BCUT2D eigenvalue weighted by molar-refractivity contribution is 7.99. The lowest BCUT2D eigenvalue weighted by atomic mass is 9.87. The topological polar surface area (TPSA) is 81.9 Å². The first-order chi connectivity index (χ1) is 11.9. The van der Waals surface area contributed by atoms with Gasteiger partial charge in [-0.1, -0.05) is 37.7 Å². The second-order valence-corrected chi connectivity index (χ2v) is 7.95. The van der Waals surface area contributed by atoms with E-state index in [2.05, 4.69) is 34.7 Å². The number of nitrogens with one attached hydrogen (secondary N) is 1. The van der Waals surface area contributed by atoms with Crippen molar-refractivity contribution < 1.29 is 9.53 Å². The SMILES string of the molecule is COc1ccc(C2(C(=O)NCCSc3nnnn3C)CC2(C)C)cc1. The van der Waals surface area contributed by atoms with Crippen LogP contribution < -0.4 is 10.1 Å². The molecule has 1 saturated carbocycles. The van der Waals surface area contributed by atoms with E-state index < -0.39 is 5.41 Å². The summed E-state index contributed by atoms with van der Waals surface area (Å²) in [6.45, 7) is 4.85. The number of methoxy groups -OCH3 is 1. The van der Waals surface area contributed by atoms with Crippen molar-refractivity contribution in [2.75, 3.05) is 19.4 Å². The molecule has 134 valence electrons. The quantitative estimate of drug-likeness (QED) is 0.598. The summed E-state index contributed by atoms with van der Waals surface area (Å²) in [7, 11) is 3.44. The van der Waals surface area contributed by atoms with Gasteiger partial charge < -0.3 is 10.1 Å². The van der Waals surface area contributed by atoms with Gasteiger partial charge in [-0.15, -0.1) is 5.10 Å². The Bertz CT molecular complexity index is 759. The molecule has 1 aliphatic rings. The minimum Gasteiger partial charge on any atom is -0.497 e. The molecule has 0 spiro atoms. The molecule has 1 aromatic carbocycles. The lowest BCUT2D eigenvalue weighted by molar-refractivity contribution is -0.124. The van der Waals surface area contributed by atoms with Gasteiger partial charge in [0.1, 0.15) is 5.75 Å². The van der Waals surface area contributed by atoms with Gasteiger partial charge in [-0.3, -0.25) is 4.79 Å². The molecule has 1 N–H and O–H groups in total. The summed E-state index contributed by atoms with van der Waals surface area (Å²) in [6.07, 6.45) is 0.846. The van der Waals surface area contributed by atoms with Crippen molar-refractivity contribution in [2.45, 2.75) is 30.8 Å². The van der Waals surface area contributed by atoms with Crippen LogP contribution in [0.3, 0.4) is 0 Å². The van der Waals surface area contributed by atoms with Crippen molar-refractivity contribution in [1.82, 2.24) is 25.5 Å². The van der Waals surface area contributed by atoms with Crippen molar-refractivity contribution in [1.29, 1.82) is 0 Å². The van der Waals surface area contributed by atoms with Gasteiger partial charge in [-0.25, -0.2) is 4.68 Å². The number of ether oxygens (including phenoxy) is 1. The first kappa shape index (κ1) is 17.7. The lowest BCUT2D eigenvalue weighted by Crippen LogP contribution is -2.38. The minimum absolute atomic E-state index is 0.0493. The Hall–Kier alpha value is -2.09. The number of hydrogen-bond acceptors (Lipinski definition) is 6. The number of amides is 1. The third kappa shape index (κ3) is 3.22. The second-order valence-electron chi connectivity index (χ2n) is 6.88. The van der Waals surface area contributed by atoms with Crippen LogP contribution in [0.25, 0.3) is 0 Å². The molecule has 3 rings (SSSR count). The summed E-state index contributed by atoms with van der Waals surface area (Å²) < 4.78 is 6.84. The van der Waals surface area contributed by atoms with Gasteiger partial charge in [0.15, 0.2) is 0 Å². The van der Waals surface area contributed by atoms with E-state index in [0.717, 1.165) is 28.6 Å². The Morgan fingerprint density at radius 1 is 1.36 bits per heavy atom. The molecule has 1 heterocycles. The zero-order valence-corrected chi connectivity index (χ0v) is 15.8. The number of rotatable bonds is 7. The fraction of sp³-hybridized carbons (Fsp3) is 0.529. The van der Waals surface area contributed by atoms with Gasteiger partial charge >= 0.3 is 0 Å². The Labute approximate surface area is 151 Å². The minimum atomic E-state index is -0.462. The summed E-state index contributed by atoms with van der Waals surface area (Å²) in [5, 5.41) is 15.1. The standard InChI is InChI=1S/C17H23N5O2S/c1-16(2)11-17(16,12-5-7-13(24-4)8-6-12)14(23)18-9-10-25-15-19-20-21-22(15)3/h5-8H,9-11H2,1-4H3,(H,18,23). The smallest absolute Gasteiger partial charge is 0.231 e. The summed E-state index contributed by atoms with van der Waals surface area (Å²) in [6, 6.07) is 7.81. The van der Waals surface area contributed by atoms with Gasteiger partial charge in [0, 0.05) is 19.3 Å². The summed E-state index contributed by atoms with van der Waals surface area (Å²) >= 11 is 1.52. The number of benzene rings is 1. The maximum atomic E-state index is 12.9. The Morgan fingerprint density at radius 2 is 2.04 bits per heavy atom. The molecule has 8 heteroatoms. The van der Waals surface area contributed by atoms with Crippen molar-refractivity contribution in [2.24, 2.45) is 12.5 Å². The molecule has 1 atom stereocenters. The van der Waals surface area contributed by atoms with Crippen molar-refractivity contribution in [3.8, 4) is 5.75 Å². The number of thioether (sulfide) groups is 1. The van der Waals surface area contributed by atoms with Crippen LogP contribution in [0.2, 0.25) is 0 Å². The fourth-order valence-corrected chi connectivity index (χ4v) is 4.01. The van der Waals surface area contributed by atoms with E-state index in [0.29, 0.717) is 6.54 Å². The van der Waals surface area contributed by atoms with Crippen LogP contribution in [0, 0.1) is 5.41 Å². The second kappa shape index (κ2) is 6.67. The molecule has 1 fully saturated rings. The number of hydrogen-bond donors (Lipinski definition) is 1. The summed E-state index contributed by atoms with van der Waals surface area (Å²) in [4.78, 5) is 12.9. The zero-order chi connectivity index (χ0) is 18.1. The van der Waals surface area contributed by atoms with Crippen LogP contribution in [-0.4, -0.2) is 45.5 Å². The zero-order valence-electron chi connectivity index (χ0n) is 14.9. The fourth-order valence-electron chi connectivity index (χ4n) is 3.31. The normalized spacial score (nSPS) is 21.0. The Kier molecular flexibility index (Phi) is 4.73. The molecule has 7 nitrogen and oxygen atoms in total. The van der Waals surface area contributed by atoms with Gasteiger partial charge in [-0.05, 0) is 40.0 Å². The van der Waals surface area contributed by atoms with E-state index in [-0.39, 0.29) is 11.3 Å². The highest BCUT2D eigenvalue weighted by atomic mass is 32.2. The molecular weight excluding hydrogens is 338 g/mol. The first-order valence-corrected chi connectivity index (χ1v) is 9.17. The van der Waals surface area contributed by atoms with Crippen molar-refractivity contribution in [3.05, 3.63) is 29.8 Å². The Balaban J connectivity index is 1.62. The van der Waals surface area contributed by atoms with Crippen LogP contribution in [0.15, 0.2) is 29.4 Å². The average molecular weight is 361 g/mol. The van der Waals surface area contributed by atoms with Gasteiger partial charge in [-0.2, -0.15) is 0 Å². The molecule has 1 unspecified atom stereocenters. The first-order valence-electron chi connectivity index (χ1n) is 8.19. The number of aromatic nitrogens is 4. The molecule has 1 aliphatic carbocycles. The number of aryl methyl sites for hydroxylation is 1. The van der Waals surface area contributed by atoms with Crippen LogP contribution in [-0.2, 0) is 17.3 Å². The summed E-state index contributed by atoms with van der Waals surface area (Å²) in [5.41, 5.74) is 0.531. The molecule has 2 aromatic rings. The molecule has 0 radical (unpaired) electrons. The molecule has 0 bridgehead atoms. The van der Waals surface area contributed by atoms with Crippen LogP contribution in [0.1, 0.15) is 25.8 Å². The molecule has 0 saturated heterocycles. The number of nitrogens with zero attached hydrogens (tertiary/aromatic N) is 4. The molecule has 1 aromatic heterocycles. The summed E-state index contributed by atoms with van der Waals surface area (Å²) in [5.74, 6) is 1.60. The predicted octanol–water partition coefficient (Wildman–Crippen LogP) is 1.79. The van der Waals surface area contributed by atoms with Gasteiger partial charge in [0.05, 0.1) is 12.5 Å². The highest BCUT2D eigenvalue weighted by Gasteiger charge is 2.66. The molecule has 1 amide bonds. The van der Waals surface area contributed by atoms with Crippen LogP contribution in [0.5, 0.6) is 5.75 Å². The lowest BCUT2D eigenvalue weighted by Gasteiger charge is -2.21. The van der Waals surface area contributed by atoms with Crippen LogP contribution in [0.4, 0.5) is 0 Å². The Morgan fingerprint density at radius 3 is 2.56 bits per heavy atom. The van der Waals surface area contributed by atoms with Gasteiger partial charge in [0.2, 0.25) is 11.1 Å². The third-order valence-electron chi connectivity index (χ3n) is 4.91. The van der Waals surface area contributed by atoms with Crippen LogP contribution >= 0.6 is 11.8 Å². The molecule has 25 heavy (non-hydrogen) atoms. The largest absolute Gasteiger partial charge is 0.497 e. The van der Waals surface area contributed by atoms with Crippen molar-refractivity contribution >= 4 is 17.7 Å². The van der Waals surface area contributed by atoms with E-state index in [4.69, 9.17) is 4.74 Å². The highest BCUT2D eigenvalue weighted by Crippen LogP contribution is 2.64. The molecule has 0 aliphatic heterocycles. The maximum Gasteiger partial charge on any atom is 0.231 e. The number of tetrazole rings is 1. The van der Waals surface area contributed by atoms with E-state index in [9.17, 15) is 4.79 Å². The predicted molar refractivity (Wildman–Crippen MR) is 95.6 cm³/mol. The van der Waals surface area contributed by atoms with Crippen molar-refractivity contribution in [3.63, 3.8) is 0 Å². The van der Waals surface area contributed by atoms with E-state index in [1.54, 1.807) is 18.8 Å². The maximum absolute atomic E-state index is 12.9. The van der Waals surface area contributed by atoms with E-state index >= 15 is 0 Å². The average Bonchev–Trinajstić information content (AvgIpc) is 2.97.